The van der Waals surface area contributed by atoms with E-state index < -0.39 is 60.6 Å². The molecule has 45 heavy (non-hydrogen) atoms. The Morgan fingerprint density at radius 1 is 0.756 bits per heavy atom. The summed E-state index contributed by atoms with van der Waals surface area (Å²) >= 11 is -3.54. The molecule has 2 saturated heterocycles. The zero-order valence-corrected chi connectivity index (χ0v) is 28.8. The number of aromatic amines is 1. The van der Waals surface area contributed by atoms with Crippen LogP contribution in [0.1, 0.15) is 62.4 Å². The number of unbranched alkanes of at least 4 members (excludes halogenated alkanes) is 2. The number of H-pyrrole nitrogens is 1. The molecule has 0 amide bonds. The van der Waals surface area contributed by atoms with Crippen molar-refractivity contribution in [3.63, 3.8) is 0 Å². The number of hydrogen-bond donors (Lipinski definition) is 1. The number of nitrogens with one attached hydrogen (secondary N) is 1. The van der Waals surface area contributed by atoms with Crippen LogP contribution < -0.4 is 11.2 Å². The van der Waals surface area contributed by atoms with Gasteiger partial charge in [0.1, 0.15) is 0 Å². The van der Waals surface area contributed by atoms with E-state index in [2.05, 4.69) is 55.2 Å². The van der Waals surface area contributed by atoms with Crippen LogP contribution in [0.3, 0.4) is 0 Å². The Bertz CT molecular complexity index is 1540. The summed E-state index contributed by atoms with van der Waals surface area (Å²) in [5, 5.41) is 0. The van der Waals surface area contributed by atoms with E-state index >= 15 is 0 Å². The van der Waals surface area contributed by atoms with Crippen LogP contribution in [0.15, 0.2) is 113 Å². The molecule has 4 aromatic rings. The van der Waals surface area contributed by atoms with Crippen molar-refractivity contribution < 1.29 is 15.6 Å². The van der Waals surface area contributed by atoms with E-state index in [1.54, 1.807) is 0 Å². The molecular weight excluding hydrogens is 675 g/mol. The Morgan fingerprint density at radius 2 is 1.27 bits per heavy atom. The number of fused-ring (bicyclic) bond motifs is 1. The number of hydrogen-bond acceptors (Lipinski definition) is 6. The maximum atomic E-state index is 13.0. The zero-order valence-electron chi connectivity index (χ0n) is 26.0. The van der Waals surface area contributed by atoms with E-state index in [1.165, 1.54) is 16.8 Å². The molecule has 1 unspecified atom stereocenters. The SMILES string of the molecule is CCC[CH2][Sn]1([CH2]CCC)[O][C@@H]2[C@@H](COC(c3ccccc3)(c3ccccc3)c3ccccc3)OC(n3ccc(=O)[nH]c3=O)[C@@H]2[O]1. The van der Waals surface area contributed by atoms with Crippen LogP contribution in [-0.2, 0) is 21.2 Å². The fourth-order valence-electron chi connectivity index (χ4n) is 6.71. The van der Waals surface area contributed by atoms with Crippen molar-refractivity contribution in [3.8, 4) is 0 Å². The van der Waals surface area contributed by atoms with Crippen LogP contribution in [0, 0.1) is 0 Å². The standard InChI is InChI=1S/C28H24N2O6.2C4H9.Sn/c31-23-16-17-30(27(34)29-23)26-25(33)24(32)22(36-26)18-35-28(19-10-4-1-5-11-19,20-12-6-2-7-13-20)21-14-8-3-9-15-21;2*1-3-4-2;/h1-17,22,24-26H,18H2,(H,29,31,34);2*1,3-4H2,2H3;/q-2;;;+2/t22-,24-,25-,26?;;;/m1.../s1. The molecule has 0 spiro atoms. The molecule has 6 rings (SSSR count). The molecule has 3 aromatic carbocycles. The second-order valence-corrected chi connectivity index (χ2v) is 21.4. The summed E-state index contributed by atoms with van der Waals surface area (Å²) in [4.78, 5) is 27.3. The van der Waals surface area contributed by atoms with Crippen LogP contribution in [0.25, 0.3) is 0 Å². The van der Waals surface area contributed by atoms with Gasteiger partial charge in [0.15, 0.2) is 0 Å². The van der Waals surface area contributed by atoms with E-state index in [-0.39, 0.29) is 6.61 Å². The average Bonchev–Trinajstić information content (AvgIpc) is 3.61. The van der Waals surface area contributed by atoms with Gasteiger partial charge in [0.2, 0.25) is 0 Å². The van der Waals surface area contributed by atoms with Gasteiger partial charge in [-0.25, -0.2) is 0 Å². The Balaban J connectivity index is 1.40. The monoisotopic (exact) mass is 718 g/mol. The first kappa shape index (κ1) is 31.9. The molecule has 0 bridgehead atoms. The zero-order chi connectivity index (χ0) is 31.3. The van der Waals surface area contributed by atoms with Gasteiger partial charge in [-0.05, 0) is 0 Å². The summed E-state index contributed by atoms with van der Waals surface area (Å²) in [5.41, 5.74) is 1.07. The molecule has 2 aliphatic rings. The molecule has 0 saturated carbocycles. The fourth-order valence-corrected chi connectivity index (χ4v) is 18.4. The molecule has 4 atom stereocenters. The molecule has 2 aliphatic heterocycles. The molecular formula is C36H42N2O6Sn. The van der Waals surface area contributed by atoms with E-state index in [0.717, 1.165) is 51.2 Å². The van der Waals surface area contributed by atoms with Crippen LogP contribution in [0.4, 0.5) is 0 Å². The van der Waals surface area contributed by atoms with Crippen molar-refractivity contribution in [2.75, 3.05) is 6.61 Å². The summed E-state index contributed by atoms with van der Waals surface area (Å²) in [7, 11) is 0. The molecule has 8 nitrogen and oxygen atoms in total. The van der Waals surface area contributed by atoms with Crippen molar-refractivity contribution in [2.24, 2.45) is 0 Å². The normalized spacial score (nSPS) is 22.4. The van der Waals surface area contributed by atoms with E-state index in [0.29, 0.717) is 0 Å². The topological polar surface area (TPSA) is 91.8 Å². The van der Waals surface area contributed by atoms with Crippen LogP contribution in [-0.4, -0.2) is 53.7 Å². The van der Waals surface area contributed by atoms with Crippen molar-refractivity contribution in [2.45, 2.75) is 78.5 Å². The van der Waals surface area contributed by atoms with Crippen LogP contribution in [0.5, 0.6) is 0 Å². The molecule has 3 heterocycles. The summed E-state index contributed by atoms with van der Waals surface area (Å²) in [6, 6.07) is 32.1. The number of rotatable bonds is 13. The Kier molecular flexibility index (Phi) is 10.1. The van der Waals surface area contributed by atoms with Gasteiger partial charge in [0, 0.05) is 0 Å². The van der Waals surface area contributed by atoms with E-state index in [1.807, 2.05) is 54.6 Å². The third kappa shape index (κ3) is 6.49. The Hall–Kier alpha value is -3.02. The Morgan fingerprint density at radius 3 is 1.76 bits per heavy atom. The quantitative estimate of drug-likeness (QED) is 0.130. The summed E-state index contributed by atoms with van der Waals surface area (Å²) in [6.45, 7) is 4.57. The molecule has 1 N–H and O–H groups in total. The van der Waals surface area contributed by atoms with Crippen LogP contribution in [0.2, 0.25) is 8.87 Å². The predicted octanol–water partition coefficient (Wildman–Crippen LogP) is 6.27. The number of benzene rings is 3. The first-order chi connectivity index (χ1) is 22.0. The van der Waals surface area contributed by atoms with Gasteiger partial charge in [-0.3, -0.25) is 0 Å². The van der Waals surface area contributed by atoms with Gasteiger partial charge in [0.25, 0.3) is 0 Å². The van der Waals surface area contributed by atoms with Gasteiger partial charge >= 0.3 is 270 Å². The first-order valence-corrected chi connectivity index (χ1v) is 22.5. The molecule has 0 aliphatic carbocycles. The fraction of sp³-hybridized carbons (Fsp3) is 0.389. The average molecular weight is 717 g/mol. The second-order valence-electron chi connectivity index (χ2n) is 12.0. The number of aromatic nitrogens is 2. The number of nitrogens with zero attached hydrogens (tertiary/aromatic N) is 1. The summed E-state index contributed by atoms with van der Waals surface area (Å²) in [6.07, 6.45) is 3.60. The summed E-state index contributed by atoms with van der Waals surface area (Å²) < 4.78 is 31.2. The predicted molar refractivity (Wildman–Crippen MR) is 175 cm³/mol. The minimum atomic E-state index is -3.54. The van der Waals surface area contributed by atoms with Gasteiger partial charge in [-0.2, -0.15) is 0 Å². The minimum absolute atomic E-state index is 0.196. The van der Waals surface area contributed by atoms with Crippen LogP contribution >= 0.6 is 0 Å². The Labute approximate surface area is 269 Å². The molecule has 236 valence electrons. The van der Waals surface area contributed by atoms with Crippen molar-refractivity contribution in [3.05, 3.63) is 141 Å². The maximum absolute atomic E-state index is 13.0. The third-order valence-corrected chi connectivity index (χ3v) is 19.3. The summed E-state index contributed by atoms with van der Waals surface area (Å²) in [5.74, 6) is 0. The van der Waals surface area contributed by atoms with Gasteiger partial charge in [-0.15, -0.1) is 0 Å². The van der Waals surface area contributed by atoms with Crippen molar-refractivity contribution in [1.29, 1.82) is 0 Å². The van der Waals surface area contributed by atoms with E-state index in [4.69, 9.17) is 15.6 Å². The van der Waals surface area contributed by atoms with Crippen molar-refractivity contribution >= 4 is 19.2 Å². The number of ether oxygens (including phenoxy) is 2. The van der Waals surface area contributed by atoms with Crippen molar-refractivity contribution in [1.82, 2.24) is 9.55 Å². The first-order valence-electron chi connectivity index (χ1n) is 16.1. The molecule has 0 radical (unpaired) electrons. The van der Waals surface area contributed by atoms with Gasteiger partial charge < -0.3 is 0 Å². The van der Waals surface area contributed by atoms with Gasteiger partial charge in [0.05, 0.1) is 0 Å². The molecule has 9 heteroatoms. The second kappa shape index (κ2) is 14.2. The third-order valence-electron chi connectivity index (χ3n) is 8.94. The van der Waals surface area contributed by atoms with Gasteiger partial charge in [-0.1, -0.05) is 0 Å². The van der Waals surface area contributed by atoms with E-state index in [9.17, 15) is 9.59 Å². The molecule has 2 fully saturated rings. The molecule has 1 aromatic heterocycles.